The Morgan fingerprint density at radius 2 is 1.94 bits per heavy atom. The van der Waals surface area contributed by atoms with E-state index in [0.717, 1.165) is 12.1 Å². The van der Waals surface area contributed by atoms with E-state index >= 15 is 0 Å². The summed E-state index contributed by atoms with van der Waals surface area (Å²) in [5.74, 6) is -0.414. The highest BCUT2D eigenvalue weighted by molar-refractivity contribution is 5.18. The lowest BCUT2D eigenvalue weighted by molar-refractivity contribution is 0.188. The van der Waals surface area contributed by atoms with Crippen molar-refractivity contribution in [3.05, 3.63) is 35.4 Å². The van der Waals surface area contributed by atoms with Crippen molar-refractivity contribution in [3.63, 3.8) is 0 Å². The van der Waals surface area contributed by atoms with Gasteiger partial charge in [-0.25, -0.2) is 8.78 Å². The van der Waals surface area contributed by atoms with E-state index in [4.69, 9.17) is 5.73 Å². The van der Waals surface area contributed by atoms with Gasteiger partial charge in [0.1, 0.15) is 11.6 Å². The first-order chi connectivity index (χ1) is 7.95. The highest BCUT2D eigenvalue weighted by Crippen LogP contribution is 2.15. The first kappa shape index (κ1) is 14.1. The molecule has 0 saturated carbocycles. The normalized spacial score (nSPS) is 13.4. The maximum absolute atomic E-state index is 13.5. The molecule has 1 rings (SSSR count). The minimum atomic E-state index is -0.413. The quantitative estimate of drug-likeness (QED) is 0.859. The van der Waals surface area contributed by atoms with E-state index in [-0.39, 0.29) is 11.9 Å². The number of hydrogen-bond acceptors (Lipinski definition) is 2. The Hall–Kier alpha value is -1.00. The maximum atomic E-state index is 13.5. The molecule has 0 aliphatic carbocycles. The Balaban J connectivity index is 2.79. The summed E-state index contributed by atoms with van der Waals surface area (Å²) >= 11 is 0. The number of likely N-dealkylation sites (N-methyl/N-ethyl adjacent to an activating group) is 1. The van der Waals surface area contributed by atoms with Crippen molar-refractivity contribution in [3.8, 4) is 0 Å². The second-order valence-corrected chi connectivity index (χ2v) is 4.70. The van der Waals surface area contributed by atoms with Crippen LogP contribution in [0.2, 0.25) is 0 Å². The molecule has 0 amide bonds. The zero-order chi connectivity index (χ0) is 13.0. The van der Waals surface area contributed by atoms with Crippen molar-refractivity contribution in [2.45, 2.75) is 26.4 Å². The molecular weight excluding hydrogens is 222 g/mol. The fraction of sp³-hybridized carbons (Fsp3) is 0.538. The van der Waals surface area contributed by atoms with Crippen LogP contribution < -0.4 is 5.73 Å². The van der Waals surface area contributed by atoms with E-state index in [0.29, 0.717) is 24.6 Å². The average Bonchev–Trinajstić information content (AvgIpc) is 2.24. The summed E-state index contributed by atoms with van der Waals surface area (Å²) in [5, 5.41) is 0. The predicted octanol–water partition coefficient (Wildman–Crippen LogP) is 2.38. The Bertz CT molecular complexity index is 366. The molecule has 0 radical (unpaired) electrons. The van der Waals surface area contributed by atoms with Gasteiger partial charge in [-0.3, -0.25) is 4.90 Å². The number of rotatable bonds is 5. The van der Waals surface area contributed by atoms with Gasteiger partial charge in [-0.2, -0.15) is 0 Å². The summed E-state index contributed by atoms with van der Waals surface area (Å²) in [6, 6.07) is 3.69. The molecule has 1 unspecified atom stereocenters. The van der Waals surface area contributed by atoms with Crippen molar-refractivity contribution in [2.24, 2.45) is 11.7 Å². The first-order valence-electron chi connectivity index (χ1n) is 5.80. The first-order valence-corrected chi connectivity index (χ1v) is 5.80. The molecule has 17 heavy (non-hydrogen) atoms. The SMILES string of the molecule is CC(C)C(CN)N(C)Cc1cc(F)ccc1F. The Labute approximate surface area is 101 Å². The Morgan fingerprint density at radius 3 is 2.47 bits per heavy atom. The van der Waals surface area contributed by atoms with Crippen LogP contribution in [0.15, 0.2) is 18.2 Å². The summed E-state index contributed by atoms with van der Waals surface area (Å²) in [6.07, 6.45) is 0. The van der Waals surface area contributed by atoms with Gasteiger partial charge < -0.3 is 5.73 Å². The Kier molecular flexibility index (Phi) is 5.02. The summed E-state index contributed by atoms with van der Waals surface area (Å²) in [4.78, 5) is 1.96. The fourth-order valence-corrected chi connectivity index (χ4v) is 2.01. The number of hydrogen-bond donors (Lipinski definition) is 1. The van der Waals surface area contributed by atoms with Crippen molar-refractivity contribution in [1.29, 1.82) is 0 Å². The molecule has 1 aromatic rings. The molecule has 0 fully saturated rings. The molecule has 0 aromatic heterocycles. The third-order valence-electron chi connectivity index (χ3n) is 3.00. The standard InChI is InChI=1S/C13H20F2N2/c1-9(2)13(7-16)17(3)8-10-6-11(14)4-5-12(10)15/h4-6,9,13H,7-8,16H2,1-3H3. The Morgan fingerprint density at radius 1 is 1.29 bits per heavy atom. The molecule has 0 bridgehead atoms. The number of nitrogens with two attached hydrogens (primary N) is 1. The van der Waals surface area contributed by atoms with Crippen LogP contribution in [0.4, 0.5) is 8.78 Å². The molecule has 0 heterocycles. The van der Waals surface area contributed by atoms with E-state index in [1.807, 2.05) is 11.9 Å². The maximum Gasteiger partial charge on any atom is 0.127 e. The second-order valence-electron chi connectivity index (χ2n) is 4.70. The lowest BCUT2D eigenvalue weighted by atomic mass is 10.0. The predicted molar refractivity (Wildman–Crippen MR) is 65.5 cm³/mol. The van der Waals surface area contributed by atoms with Crippen LogP contribution >= 0.6 is 0 Å². The second kappa shape index (κ2) is 6.07. The van der Waals surface area contributed by atoms with E-state index in [2.05, 4.69) is 13.8 Å². The highest BCUT2D eigenvalue weighted by Gasteiger charge is 2.18. The van der Waals surface area contributed by atoms with E-state index < -0.39 is 5.82 Å². The molecule has 4 heteroatoms. The summed E-state index contributed by atoms with van der Waals surface area (Å²) in [6.45, 7) is 5.00. The highest BCUT2D eigenvalue weighted by atomic mass is 19.1. The molecule has 2 N–H and O–H groups in total. The molecule has 0 aliphatic rings. The lowest BCUT2D eigenvalue weighted by Crippen LogP contribution is -2.41. The van der Waals surface area contributed by atoms with Crippen LogP contribution in [0.1, 0.15) is 19.4 Å². The van der Waals surface area contributed by atoms with Gasteiger partial charge >= 0.3 is 0 Å². The average molecular weight is 242 g/mol. The van der Waals surface area contributed by atoms with Gasteiger partial charge in [-0.1, -0.05) is 13.8 Å². The summed E-state index contributed by atoms with van der Waals surface area (Å²) < 4.78 is 26.5. The van der Waals surface area contributed by atoms with E-state index in [9.17, 15) is 8.78 Å². The summed E-state index contributed by atoms with van der Waals surface area (Å²) in [7, 11) is 1.88. The molecule has 0 saturated heterocycles. The molecule has 0 spiro atoms. The summed E-state index contributed by atoms with van der Waals surface area (Å²) in [5.41, 5.74) is 6.05. The fourth-order valence-electron chi connectivity index (χ4n) is 2.01. The van der Waals surface area contributed by atoms with Gasteiger partial charge in [0.15, 0.2) is 0 Å². The van der Waals surface area contributed by atoms with Gasteiger partial charge in [0.05, 0.1) is 0 Å². The minimum Gasteiger partial charge on any atom is -0.329 e. The van der Waals surface area contributed by atoms with Crippen molar-refractivity contribution in [2.75, 3.05) is 13.6 Å². The third kappa shape index (κ3) is 3.75. The van der Waals surface area contributed by atoms with Crippen molar-refractivity contribution in [1.82, 2.24) is 4.90 Å². The third-order valence-corrected chi connectivity index (χ3v) is 3.00. The van der Waals surface area contributed by atoms with Gasteiger partial charge in [-0.15, -0.1) is 0 Å². The zero-order valence-corrected chi connectivity index (χ0v) is 10.6. The molecule has 1 aromatic carbocycles. The van der Waals surface area contributed by atoms with Crippen LogP contribution in [-0.2, 0) is 6.54 Å². The van der Waals surface area contributed by atoms with E-state index in [1.54, 1.807) is 0 Å². The zero-order valence-electron chi connectivity index (χ0n) is 10.6. The van der Waals surface area contributed by atoms with Crippen LogP contribution in [-0.4, -0.2) is 24.5 Å². The molecule has 1 atom stereocenters. The van der Waals surface area contributed by atoms with Gasteiger partial charge in [0, 0.05) is 24.7 Å². The number of nitrogens with zero attached hydrogens (tertiary/aromatic N) is 1. The van der Waals surface area contributed by atoms with Crippen LogP contribution in [0.25, 0.3) is 0 Å². The van der Waals surface area contributed by atoms with Crippen molar-refractivity contribution < 1.29 is 8.78 Å². The van der Waals surface area contributed by atoms with Crippen LogP contribution in [0, 0.1) is 17.6 Å². The molecule has 2 nitrogen and oxygen atoms in total. The minimum absolute atomic E-state index is 0.165. The van der Waals surface area contributed by atoms with Crippen LogP contribution in [0.5, 0.6) is 0 Å². The van der Waals surface area contributed by atoms with Crippen molar-refractivity contribution >= 4 is 0 Å². The van der Waals surface area contributed by atoms with E-state index in [1.165, 1.54) is 6.07 Å². The van der Waals surface area contributed by atoms with Gasteiger partial charge in [0.2, 0.25) is 0 Å². The topological polar surface area (TPSA) is 29.3 Å². The molecular formula is C13H20F2N2. The number of benzene rings is 1. The van der Waals surface area contributed by atoms with Gasteiger partial charge in [0.25, 0.3) is 0 Å². The largest absolute Gasteiger partial charge is 0.329 e. The smallest absolute Gasteiger partial charge is 0.127 e. The number of halogens is 2. The monoisotopic (exact) mass is 242 g/mol. The van der Waals surface area contributed by atoms with Gasteiger partial charge in [-0.05, 0) is 31.2 Å². The molecule has 96 valence electrons. The molecule has 0 aliphatic heterocycles. The lowest BCUT2D eigenvalue weighted by Gasteiger charge is -2.30. The van der Waals surface area contributed by atoms with Crippen LogP contribution in [0.3, 0.4) is 0 Å².